The van der Waals surface area contributed by atoms with E-state index in [1.807, 2.05) is 6.07 Å². The van der Waals surface area contributed by atoms with Gasteiger partial charge in [0.25, 0.3) is 5.69 Å². The van der Waals surface area contributed by atoms with Crippen LogP contribution in [0.4, 0.5) is 5.69 Å². The van der Waals surface area contributed by atoms with E-state index in [4.69, 9.17) is 5.73 Å². The molecular weight excluding hydrogens is 284 g/mol. The number of carbonyl (C=O) groups excluding carboxylic acids is 2. The van der Waals surface area contributed by atoms with Crippen molar-refractivity contribution in [1.29, 1.82) is 0 Å². The van der Waals surface area contributed by atoms with E-state index in [0.717, 1.165) is 0 Å². The van der Waals surface area contributed by atoms with E-state index in [1.165, 1.54) is 12.1 Å². The first-order valence-electron chi connectivity index (χ1n) is 6.64. The topological polar surface area (TPSA) is 103 Å². The standard InChI is InChI=1S/C16H14N2O4/c17-16(20)9-8-15(19)12-6-7-13(14(10-12)18(21)22)11-4-2-1-3-5-11/h1-7,10H,8-9H2,(H2,17,20). The number of nitro groups is 1. The molecule has 0 unspecified atom stereocenters. The number of ketones is 1. The molecule has 2 rings (SSSR count). The highest BCUT2D eigenvalue weighted by Crippen LogP contribution is 2.30. The molecule has 0 heterocycles. The molecule has 0 spiro atoms. The zero-order valence-corrected chi connectivity index (χ0v) is 11.7. The monoisotopic (exact) mass is 298 g/mol. The molecule has 112 valence electrons. The van der Waals surface area contributed by atoms with Crippen molar-refractivity contribution in [2.45, 2.75) is 12.8 Å². The van der Waals surface area contributed by atoms with Gasteiger partial charge in [-0.05, 0) is 11.6 Å². The van der Waals surface area contributed by atoms with Gasteiger partial charge in [0.2, 0.25) is 5.91 Å². The van der Waals surface area contributed by atoms with Gasteiger partial charge in [0.1, 0.15) is 0 Å². The highest BCUT2D eigenvalue weighted by atomic mass is 16.6. The molecule has 2 aromatic rings. The summed E-state index contributed by atoms with van der Waals surface area (Å²) in [6, 6.07) is 13.2. The van der Waals surface area contributed by atoms with Crippen LogP contribution < -0.4 is 5.73 Å². The fraction of sp³-hybridized carbons (Fsp3) is 0.125. The summed E-state index contributed by atoms with van der Waals surface area (Å²) in [7, 11) is 0. The van der Waals surface area contributed by atoms with Crippen molar-refractivity contribution in [2.75, 3.05) is 0 Å². The highest BCUT2D eigenvalue weighted by Gasteiger charge is 2.18. The molecule has 1 amide bonds. The molecule has 2 aromatic carbocycles. The Morgan fingerprint density at radius 2 is 1.73 bits per heavy atom. The quantitative estimate of drug-likeness (QED) is 0.503. The smallest absolute Gasteiger partial charge is 0.277 e. The van der Waals surface area contributed by atoms with Crippen molar-refractivity contribution in [1.82, 2.24) is 0 Å². The van der Waals surface area contributed by atoms with Gasteiger partial charge in [-0.1, -0.05) is 36.4 Å². The van der Waals surface area contributed by atoms with Crippen LogP contribution in [0.2, 0.25) is 0 Å². The first kappa shape index (κ1) is 15.4. The van der Waals surface area contributed by atoms with E-state index >= 15 is 0 Å². The van der Waals surface area contributed by atoms with Crippen LogP contribution in [0.5, 0.6) is 0 Å². The summed E-state index contributed by atoms with van der Waals surface area (Å²) in [6.45, 7) is 0. The Bertz CT molecular complexity index is 726. The average molecular weight is 298 g/mol. The largest absolute Gasteiger partial charge is 0.370 e. The maximum absolute atomic E-state index is 11.9. The molecule has 0 radical (unpaired) electrons. The van der Waals surface area contributed by atoms with Gasteiger partial charge >= 0.3 is 0 Å². The Balaban J connectivity index is 2.38. The van der Waals surface area contributed by atoms with Gasteiger partial charge in [-0.3, -0.25) is 19.7 Å². The van der Waals surface area contributed by atoms with E-state index in [9.17, 15) is 19.7 Å². The zero-order valence-electron chi connectivity index (χ0n) is 11.7. The minimum Gasteiger partial charge on any atom is -0.370 e. The number of nitro benzene ring substituents is 1. The molecule has 0 bridgehead atoms. The number of nitrogens with two attached hydrogens (primary N) is 1. The number of hydrogen-bond donors (Lipinski definition) is 1. The lowest BCUT2D eigenvalue weighted by Crippen LogP contribution is -2.12. The summed E-state index contributed by atoms with van der Waals surface area (Å²) in [5.41, 5.74) is 6.20. The first-order valence-corrected chi connectivity index (χ1v) is 6.64. The fourth-order valence-electron chi connectivity index (χ4n) is 2.10. The summed E-state index contributed by atoms with van der Waals surface area (Å²) < 4.78 is 0. The summed E-state index contributed by atoms with van der Waals surface area (Å²) in [5.74, 6) is -0.926. The maximum atomic E-state index is 11.9. The molecule has 0 saturated heterocycles. The van der Waals surface area contributed by atoms with Crippen LogP contribution in [0.1, 0.15) is 23.2 Å². The summed E-state index contributed by atoms with van der Waals surface area (Å²) in [4.78, 5) is 33.4. The van der Waals surface area contributed by atoms with Gasteiger partial charge in [0, 0.05) is 24.5 Å². The number of primary amides is 1. The van der Waals surface area contributed by atoms with Gasteiger partial charge in [-0.25, -0.2) is 0 Å². The minimum atomic E-state index is -0.580. The lowest BCUT2D eigenvalue weighted by molar-refractivity contribution is -0.384. The molecule has 0 aromatic heterocycles. The van der Waals surface area contributed by atoms with Crippen LogP contribution in [-0.2, 0) is 4.79 Å². The maximum Gasteiger partial charge on any atom is 0.277 e. The number of amides is 1. The molecule has 0 aliphatic rings. The molecule has 0 atom stereocenters. The third-order valence-electron chi connectivity index (χ3n) is 3.20. The molecule has 22 heavy (non-hydrogen) atoms. The summed E-state index contributed by atoms with van der Waals surface area (Å²) >= 11 is 0. The van der Waals surface area contributed by atoms with E-state index in [0.29, 0.717) is 11.1 Å². The third kappa shape index (κ3) is 3.54. The number of hydrogen-bond acceptors (Lipinski definition) is 4. The third-order valence-corrected chi connectivity index (χ3v) is 3.20. The van der Waals surface area contributed by atoms with Crippen molar-refractivity contribution in [3.63, 3.8) is 0 Å². The Morgan fingerprint density at radius 1 is 1.05 bits per heavy atom. The number of benzene rings is 2. The second-order valence-electron chi connectivity index (χ2n) is 4.74. The first-order chi connectivity index (χ1) is 10.5. The predicted octanol–water partition coefficient (Wildman–Crippen LogP) is 2.71. The predicted molar refractivity (Wildman–Crippen MR) is 81.3 cm³/mol. The fourth-order valence-corrected chi connectivity index (χ4v) is 2.10. The van der Waals surface area contributed by atoms with Crippen molar-refractivity contribution in [3.8, 4) is 11.1 Å². The minimum absolute atomic E-state index is 0.0584. The molecule has 6 nitrogen and oxygen atoms in total. The van der Waals surface area contributed by atoms with Crippen LogP contribution in [-0.4, -0.2) is 16.6 Å². The van der Waals surface area contributed by atoms with Crippen LogP contribution in [0, 0.1) is 10.1 Å². The lowest BCUT2D eigenvalue weighted by Gasteiger charge is -2.06. The normalized spacial score (nSPS) is 10.2. The van der Waals surface area contributed by atoms with Crippen LogP contribution in [0.25, 0.3) is 11.1 Å². The second-order valence-corrected chi connectivity index (χ2v) is 4.74. The van der Waals surface area contributed by atoms with Crippen LogP contribution >= 0.6 is 0 Å². The highest BCUT2D eigenvalue weighted by molar-refractivity contribution is 5.99. The second kappa shape index (κ2) is 6.62. The van der Waals surface area contributed by atoms with Crippen molar-refractivity contribution < 1.29 is 14.5 Å². The Labute approximate surface area is 126 Å². The molecule has 6 heteroatoms. The number of rotatable bonds is 6. The van der Waals surface area contributed by atoms with Crippen LogP contribution in [0.3, 0.4) is 0 Å². The van der Waals surface area contributed by atoms with Crippen molar-refractivity contribution in [2.24, 2.45) is 5.73 Å². The number of carbonyl (C=O) groups is 2. The average Bonchev–Trinajstić information content (AvgIpc) is 2.52. The van der Waals surface area contributed by atoms with Gasteiger partial charge in [-0.2, -0.15) is 0 Å². The summed E-state index contributed by atoms with van der Waals surface area (Å²) in [6.07, 6.45) is -0.135. The Morgan fingerprint density at radius 3 is 2.32 bits per heavy atom. The molecule has 0 saturated carbocycles. The number of Topliss-reactive ketones (excluding diaryl/α,β-unsaturated/α-hetero) is 1. The molecule has 0 aliphatic carbocycles. The van der Waals surface area contributed by atoms with Gasteiger partial charge in [-0.15, -0.1) is 0 Å². The Kier molecular flexibility index (Phi) is 4.63. The molecule has 0 aliphatic heterocycles. The van der Waals surface area contributed by atoms with E-state index in [-0.39, 0.29) is 29.9 Å². The van der Waals surface area contributed by atoms with Crippen molar-refractivity contribution >= 4 is 17.4 Å². The zero-order chi connectivity index (χ0) is 16.1. The summed E-state index contributed by atoms with van der Waals surface area (Å²) in [5, 5.41) is 11.3. The Hall–Kier alpha value is -3.02. The van der Waals surface area contributed by atoms with E-state index in [1.54, 1.807) is 30.3 Å². The van der Waals surface area contributed by atoms with Gasteiger partial charge in [0.15, 0.2) is 5.78 Å². The molecule has 2 N–H and O–H groups in total. The van der Waals surface area contributed by atoms with Crippen LogP contribution in [0.15, 0.2) is 48.5 Å². The molecule has 0 fully saturated rings. The van der Waals surface area contributed by atoms with Gasteiger partial charge < -0.3 is 5.73 Å². The van der Waals surface area contributed by atoms with Crippen molar-refractivity contribution in [3.05, 3.63) is 64.2 Å². The number of nitrogens with zero attached hydrogens (tertiary/aromatic N) is 1. The lowest BCUT2D eigenvalue weighted by atomic mass is 9.99. The van der Waals surface area contributed by atoms with Gasteiger partial charge in [0.05, 0.1) is 10.5 Å². The van der Waals surface area contributed by atoms with E-state index in [2.05, 4.69) is 0 Å². The molecular formula is C16H14N2O4. The SMILES string of the molecule is NC(=O)CCC(=O)c1ccc(-c2ccccc2)c([N+](=O)[O-])c1. The van der Waals surface area contributed by atoms with E-state index < -0.39 is 10.8 Å².